The van der Waals surface area contributed by atoms with Gasteiger partial charge in [0.15, 0.2) is 0 Å². The van der Waals surface area contributed by atoms with Gasteiger partial charge < -0.3 is 18.8 Å². The summed E-state index contributed by atoms with van der Waals surface area (Å²) in [5, 5.41) is 10.1. The van der Waals surface area contributed by atoms with Crippen LogP contribution >= 0.6 is 0 Å². The molecule has 0 aliphatic heterocycles. The molecule has 2 atom stereocenters. The van der Waals surface area contributed by atoms with Crippen molar-refractivity contribution in [3.8, 4) is 16.9 Å². The molecule has 0 aliphatic rings. The highest BCUT2D eigenvalue weighted by molar-refractivity contribution is 7.90. The Bertz CT molecular complexity index is 1380. The van der Waals surface area contributed by atoms with Crippen molar-refractivity contribution in [1.82, 2.24) is 4.72 Å². The number of alkyl halides is 1. The molecular formula is C29H30FNO5S. The molecule has 4 rings (SSSR count). The minimum absolute atomic E-state index is 0.126. The summed E-state index contributed by atoms with van der Waals surface area (Å²) >= 11 is -1.43. The number of halogens is 1. The summed E-state index contributed by atoms with van der Waals surface area (Å²) in [6, 6.07) is 19.6. The SMILES string of the molecule is CC(C)(C)[S@@+]([O-])N[C@@H](CF)c1cccc(-c2cc(COc3ccccc3CC(=O)O)cc3ccoc23)c1. The molecule has 4 aromatic rings. The van der Waals surface area contributed by atoms with Gasteiger partial charge in [0, 0.05) is 27.9 Å². The Morgan fingerprint density at radius 2 is 1.92 bits per heavy atom. The lowest BCUT2D eigenvalue weighted by Gasteiger charge is -2.27. The second kappa shape index (κ2) is 11.4. The third-order valence-corrected chi connectivity index (χ3v) is 7.49. The average Bonchev–Trinajstić information content (AvgIpc) is 3.34. The second-order valence-corrected chi connectivity index (χ2v) is 11.8. The maximum atomic E-state index is 14.0. The van der Waals surface area contributed by atoms with Crippen LogP contribution in [0.3, 0.4) is 0 Å². The number of ether oxygens (including phenoxy) is 1. The first-order valence-electron chi connectivity index (χ1n) is 11.9. The van der Waals surface area contributed by atoms with Crippen molar-refractivity contribution in [1.29, 1.82) is 0 Å². The number of nitrogens with one attached hydrogen (secondary N) is 1. The molecule has 2 N–H and O–H groups in total. The predicted molar refractivity (Wildman–Crippen MR) is 144 cm³/mol. The van der Waals surface area contributed by atoms with E-state index in [4.69, 9.17) is 9.15 Å². The Balaban J connectivity index is 1.64. The van der Waals surface area contributed by atoms with Gasteiger partial charge in [-0.1, -0.05) is 36.4 Å². The van der Waals surface area contributed by atoms with Crippen LogP contribution in [0.25, 0.3) is 22.1 Å². The van der Waals surface area contributed by atoms with Gasteiger partial charge in [0.25, 0.3) is 0 Å². The van der Waals surface area contributed by atoms with E-state index in [1.807, 2.05) is 63.2 Å². The van der Waals surface area contributed by atoms with Crippen LogP contribution < -0.4 is 9.46 Å². The summed E-state index contributed by atoms with van der Waals surface area (Å²) in [6.45, 7) is 5.03. The maximum absolute atomic E-state index is 14.0. The quantitative estimate of drug-likeness (QED) is 0.235. The molecule has 37 heavy (non-hydrogen) atoms. The van der Waals surface area contributed by atoms with Crippen LogP contribution in [-0.4, -0.2) is 27.1 Å². The number of carboxylic acid groups (broad SMARTS) is 1. The van der Waals surface area contributed by atoms with Crippen LogP contribution in [0.5, 0.6) is 5.75 Å². The van der Waals surface area contributed by atoms with E-state index in [0.29, 0.717) is 22.5 Å². The van der Waals surface area contributed by atoms with Crippen molar-refractivity contribution in [3.05, 3.63) is 89.7 Å². The number of hydrogen-bond donors (Lipinski definition) is 2. The normalized spacial score (nSPS) is 13.4. The number of hydrogen-bond acceptors (Lipinski definition) is 5. The van der Waals surface area contributed by atoms with E-state index in [2.05, 4.69) is 4.72 Å². The summed E-state index contributed by atoms with van der Waals surface area (Å²) in [5.41, 5.74) is 4.48. The molecule has 0 spiro atoms. The molecule has 0 saturated carbocycles. The van der Waals surface area contributed by atoms with E-state index in [1.54, 1.807) is 30.5 Å². The van der Waals surface area contributed by atoms with Crippen LogP contribution in [0, 0.1) is 0 Å². The highest BCUT2D eigenvalue weighted by Gasteiger charge is 2.30. The standard InChI is InChI=1S/C29H30FNO5S/c1-29(2,3)37(34)31-25(17-30)21-9-6-8-20(15-21)24-14-19(13-23-11-12-35-28(23)24)18-36-26-10-5-4-7-22(26)16-27(32)33/h4-15,25,31H,16-18H2,1-3H3,(H,32,33)/t25-,37+/m0/s1. The summed E-state index contributed by atoms with van der Waals surface area (Å²) in [7, 11) is 0. The van der Waals surface area contributed by atoms with Gasteiger partial charge in [0.2, 0.25) is 0 Å². The monoisotopic (exact) mass is 523 g/mol. The van der Waals surface area contributed by atoms with Crippen molar-refractivity contribution in [2.75, 3.05) is 6.67 Å². The Morgan fingerprint density at radius 3 is 2.65 bits per heavy atom. The van der Waals surface area contributed by atoms with Crippen LogP contribution in [0.2, 0.25) is 0 Å². The van der Waals surface area contributed by atoms with Crippen molar-refractivity contribution in [3.63, 3.8) is 0 Å². The summed E-state index contributed by atoms with van der Waals surface area (Å²) in [4.78, 5) is 11.2. The molecule has 194 valence electrons. The fraction of sp³-hybridized carbons (Fsp3) is 0.276. The molecule has 0 radical (unpaired) electrons. The smallest absolute Gasteiger partial charge is 0.307 e. The highest BCUT2D eigenvalue weighted by Crippen LogP contribution is 2.33. The van der Waals surface area contributed by atoms with Crippen LogP contribution in [-0.2, 0) is 29.2 Å². The second-order valence-electron chi connectivity index (χ2n) is 9.78. The molecule has 0 unspecified atom stereocenters. The largest absolute Gasteiger partial charge is 0.598 e. The Hall–Kier alpha value is -3.33. The first-order valence-corrected chi connectivity index (χ1v) is 13.1. The lowest BCUT2D eigenvalue weighted by molar-refractivity contribution is -0.136. The van der Waals surface area contributed by atoms with Crippen LogP contribution in [0.4, 0.5) is 4.39 Å². The Labute approximate surface area is 218 Å². The lowest BCUT2D eigenvalue weighted by Crippen LogP contribution is -2.41. The molecule has 0 aliphatic carbocycles. The Morgan fingerprint density at radius 1 is 1.14 bits per heavy atom. The molecule has 1 heterocycles. The first-order chi connectivity index (χ1) is 17.7. The molecule has 1 aromatic heterocycles. The molecule has 0 bridgehead atoms. The number of para-hydroxylation sites is 1. The molecule has 0 amide bonds. The molecule has 8 heteroatoms. The van der Waals surface area contributed by atoms with Crippen molar-refractivity contribution in [2.45, 2.75) is 44.6 Å². The molecule has 0 saturated heterocycles. The number of furan rings is 1. The molecule has 6 nitrogen and oxygen atoms in total. The minimum atomic E-state index is -1.43. The van der Waals surface area contributed by atoms with Gasteiger partial charge in [-0.15, -0.1) is 4.72 Å². The number of carbonyl (C=O) groups is 1. The number of fused-ring (bicyclic) bond motifs is 1. The van der Waals surface area contributed by atoms with Gasteiger partial charge in [-0.3, -0.25) is 4.79 Å². The zero-order valence-corrected chi connectivity index (χ0v) is 21.8. The zero-order valence-electron chi connectivity index (χ0n) is 21.0. The fourth-order valence-corrected chi connectivity index (χ4v) is 4.79. The fourth-order valence-electron chi connectivity index (χ4n) is 3.97. The number of carboxylic acids is 1. The third-order valence-electron chi connectivity index (χ3n) is 5.88. The number of rotatable bonds is 10. The van der Waals surface area contributed by atoms with E-state index in [1.165, 1.54) is 0 Å². The lowest BCUT2D eigenvalue weighted by atomic mass is 9.97. The van der Waals surface area contributed by atoms with E-state index in [-0.39, 0.29) is 13.0 Å². The highest BCUT2D eigenvalue weighted by atomic mass is 32.2. The van der Waals surface area contributed by atoms with Gasteiger partial charge in [0.05, 0.1) is 12.7 Å². The van der Waals surface area contributed by atoms with Gasteiger partial charge in [0.1, 0.15) is 35.4 Å². The third kappa shape index (κ3) is 6.52. The summed E-state index contributed by atoms with van der Waals surface area (Å²) < 4.78 is 40.8. The minimum Gasteiger partial charge on any atom is -0.598 e. The first kappa shape index (κ1) is 26.7. The van der Waals surface area contributed by atoms with Crippen LogP contribution in [0.15, 0.2) is 77.4 Å². The van der Waals surface area contributed by atoms with Gasteiger partial charge >= 0.3 is 5.97 Å². The number of aliphatic carboxylic acids is 1. The molecule has 3 aromatic carbocycles. The number of benzene rings is 3. The van der Waals surface area contributed by atoms with E-state index < -0.39 is 34.8 Å². The van der Waals surface area contributed by atoms with Gasteiger partial charge in [-0.25, -0.2) is 4.39 Å². The summed E-state index contributed by atoms with van der Waals surface area (Å²) in [6.07, 6.45) is 1.49. The average molecular weight is 524 g/mol. The van der Waals surface area contributed by atoms with Crippen LogP contribution in [0.1, 0.15) is 43.5 Å². The zero-order chi connectivity index (χ0) is 26.6. The summed E-state index contributed by atoms with van der Waals surface area (Å²) in [5.74, 6) is -0.408. The molecular weight excluding hydrogens is 493 g/mol. The van der Waals surface area contributed by atoms with Crippen molar-refractivity contribution in [2.24, 2.45) is 0 Å². The van der Waals surface area contributed by atoms with E-state index in [9.17, 15) is 18.8 Å². The van der Waals surface area contributed by atoms with E-state index >= 15 is 0 Å². The van der Waals surface area contributed by atoms with Crippen molar-refractivity contribution < 1.29 is 28.0 Å². The Kier molecular flexibility index (Phi) is 8.22. The van der Waals surface area contributed by atoms with Gasteiger partial charge in [-0.05, 0) is 67.8 Å². The predicted octanol–water partition coefficient (Wildman–Crippen LogP) is 6.37. The van der Waals surface area contributed by atoms with Gasteiger partial charge in [-0.2, -0.15) is 0 Å². The van der Waals surface area contributed by atoms with Crippen molar-refractivity contribution >= 4 is 28.3 Å². The van der Waals surface area contributed by atoms with E-state index in [0.717, 1.165) is 22.1 Å². The topological polar surface area (TPSA) is 94.8 Å². The molecule has 0 fully saturated rings. The maximum Gasteiger partial charge on any atom is 0.307 e.